The van der Waals surface area contributed by atoms with Crippen molar-refractivity contribution >= 4 is 29.4 Å². The quantitative estimate of drug-likeness (QED) is 0.147. The third-order valence-corrected chi connectivity index (χ3v) is 8.86. The second-order valence-electron chi connectivity index (χ2n) is 11.9. The van der Waals surface area contributed by atoms with Crippen LogP contribution in [-0.2, 0) is 25.4 Å². The van der Waals surface area contributed by atoms with Crippen LogP contribution < -0.4 is 10.6 Å². The van der Waals surface area contributed by atoms with E-state index >= 15 is 0 Å². The molecule has 2 fully saturated rings. The first-order chi connectivity index (χ1) is 24.1. The fraction of sp³-hybridized carbons (Fsp3) is 0.412. The summed E-state index contributed by atoms with van der Waals surface area (Å²) >= 11 is 0. The van der Waals surface area contributed by atoms with Crippen LogP contribution in [0.3, 0.4) is 0 Å². The highest BCUT2D eigenvalue weighted by atomic mass is 16.6. The molecule has 15 nitrogen and oxygen atoms in total. The molecule has 5 heterocycles. The second-order valence-corrected chi connectivity index (χ2v) is 11.9. The van der Waals surface area contributed by atoms with Crippen LogP contribution in [0.4, 0.5) is 11.8 Å². The number of aromatic nitrogens is 6. The second kappa shape index (κ2) is 15.1. The average molecular weight is 670 g/mol. The number of carbonyl (C=O) groups excluding carboxylic acids is 1. The van der Waals surface area contributed by atoms with Gasteiger partial charge in [-0.25, -0.2) is 4.98 Å². The van der Waals surface area contributed by atoms with E-state index in [0.29, 0.717) is 61.5 Å². The average Bonchev–Trinajstić information content (AvgIpc) is 3.88. The predicted octanol–water partition coefficient (Wildman–Crippen LogP) is 2.93. The van der Waals surface area contributed by atoms with Crippen LogP contribution >= 0.6 is 0 Å². The molecular formula is C34H39N9O6. The lowest BCUT2D eigenvalue weighted by Gasteiger charge is -2.26. The van der Waals surface area contributed by atoms with E-state index < -0.39 is 24.5 Å². The third kappa shape index (κ3) is 7.10. The molecule has 2 aliphatic heterocycles. The van der Waals surface area contributed by atoms with E-state index in [0.717, 1.165) is 30.8 Å². The topological polar surface area (TPSA) is 175 Å². The number of aryl methyl sites for hydroxylation is 1. The van der Waals surface area contributed by atoms with Gasteiger partial charge in [-0.1, -0.05) is 72.7 Å². The number of nitrogens with one attached hydrogen (secondary N) is 2. The Balaban J connectivity index is 1.21. The monoisotopic (exact) mass is 669 g/mol. The Morgan fingerprint density at radius 2 is 1.76 bits per heavy atom. The number of imidazole rings is 1. The predicted molar refractivity (Wildman–Crippen MR) is 178 cm³/mol. The molecule has 7 rings (SSSR count). The van der Waals surface area contributed by atoms with Gasteiger partial charge in [0, 0.05) is 45.1 Å². The van der Waals surface area contributed by atoms with Crippen molar-refractivity contribution in [3.8, 4) is 0 Å². The van der Waals surface area contributed by atoms with Crippen LogP contribution in [0, 0.1) is 0 Å². The summed E-state index contributed by atoms with van der Waals surface area (Å²) in [6.07, 6.45) is -2.37. The van der Waals surface area contributed by atoms with Crippen molar-refractivity contribution < 1.29 is 28.6 Å². The molecule has 15 heteroatoms. The summed E-state index contributed by atoms with van der Waals surface area (Å²) in [7, 11) is 0. The molecule has 2 saturated heterocycles. The lowest BCUT2D eigenvalue weighted by atomic mass is 9.91. The number of morpholine rings is 1. The van der Waals surface area contributed by atoms with Gasteiger partial charge in [0.1, 0.15) is 6.10 Å². The smallest absolute Gasteiger partial charge is 0.293 e. The van der Waals surface area contributed by atoms with Crippen LogP contribution in [0.5, 0.6) is 0 Å². The molecule has 0 saturated carbocycles. The molecule has 0 spiro atoms. The Morgan fingerprint density at radius 1 is 1.02 bits per heavy atom. The number of aliphatic hydroxyl groups excluding tert-OH is 1. The SMILES string of the molecule is CCc1noc([C@H]2O[C@@H](n3cnc4c(NCC(c5ccccc5)c5ccccc5)nc(NCCN5CCOCC5)nc43)[C@H](O)[C@@H]2OC=O)n1. The third-order valence-electron chi connectivity index (χ3n) is 8.86. The molecule has 49 heavy (non-hydrogen) atoms. The lowest BCUT2D eigenvalue weighted by molar-refractivity contribution is -0.140. The van der Waals surface area contributed by atoms with Crippen molar-refractivity contribution in [2.24, 2.45) is 0 Å². The van der Waals surface area contributed by atoms with Gasteiger partial charge >= 0.3 is 0 Å². The first kappa shape index (κ1) is 32.6. The molecule has 0 aliphatic carbocycles. The molecule has 5 aromatic rings. The van der Waals surface area contributed by atoms with Gasteiger partial charge < -0.3 is 34.5 Å². The molecule has 4 atom stereocenters. The van der Waals surface area contributed by atoms with E-state index in [4.69, 9.17) is 28.7 Å². The molecule has 3 N–H and O–H groups in total. The maximum absolute atomic E-state index is 11.5. The van der Waals surface area contributed by atoms with Crippen molar-refractivity contribution in [2.75, 3.05) is 56.6 Å². The van der Waals surface area contributed by atoms with E-state index in [-0.39, 0.29) is 18.3 Å². The van der Waals surface area contributed by atoms with E-state index in [1.54, 1.807) is 4.57 Å². The van der Waals surface area contributed by atoms with Crippen molar-refractivity contribution in [3.05, 3.63) is 89.8 Å². The highest BCUT2D eigenvalue weighted by molar-refractivity contribution is 5.84. The van der Waals surface area contributed by atoms with Crippen LogP contribution in [0.25, 0.3) is 11.2 Å². The Hall–Kier alpha value is -4.96. The van der Waals surface area contributed by atoms with E-state index in [9.17, 15) is 9.90 Å². The number of ether oxygens (including phenoxy) is 3. The standard InChI is InChI=1S/C34H39N9O6/c1-2-25-38-32(49-41-25)29-28(47-21-44)27(45)33(48-29)43-20-37-26-30(39-34(40-31(26)43)35-13-14-42-15-17-46-18-16-42)36-19-24(22-9-5-3-6-10-22)23-11-7-4-8-12-23/h3-12,20-21,24,27-29,33,45H,2,13-19H2,1H3,(H2,35,36,39,40)/t27-,28+,29+,33-/m1/s1. The molecule has 3 aromatic heterocycles. The maximum Gasteiger partial charge on any atom is 0.293 e. The summed E-state index contributed by atoms with van der Waals surface area (Å²) in [4.78, 5) is 32.5. The van der Waals surface area contributed by atoms with E-state index in [1.807, 2.05) is 43.3 Å². The Labute approximate surface area is 282 Å². The van der Waals surface area contributed by atoms with Crippen LogP contribution in [0.1, 0.15) is 48.0 Å². The normalized spacial score (nSPS) is 21.3. The van der Waals surface area contributed by atoms with Crippen molar-refractivity contribution in [2.45, 2.75) is 43.8 Å². The number of hydrogen-bond donors (Lipinski definition) is 3. The molecule has 2 aliphatic rings. The van der Waals surface area contributed by atoms with Gasteiger partial charge in [0.2, 0.25) is 5.95 Å². The number of aliphatic hydroxyl groups is 1. The molecule has 0 amide bonds. The van der Waals surface area contributed by atoms with Gasteiger partial charge in [0.25, 0.3) is 12.4 Å². The number of benzene rings is 2. The van der Waals surface area contributed by atoms with Gasteiger partial charge in [-0.2, -0.15) is 15.0 Å². The molecule has 0 bridgehead atoms. The number of carbonyl (C=O) groups is 1. The number of hydrogen-bond acceptors (Lipinski definition) is 14. The van der Waals surface area contributed by atoms with Gasteiger partial charge in [0.15, 0.2) is 41.2 Å². The highest BCUT2D eigenvalue weighted by Gasteiger charge is 2.50. The zero-order valence-corrected chi connectivity index (χ0v) is 27.1. The van der Waals surface area contributed by atoms with Crippen LogP contribution in [0.15, 0.2) is 71.5 Å². The summed E-state index contributed by atoms with van der Waals surface area (Å²) in [6, 6.07) is 20.6. The maximum atomic E-state index is 11.5. The zero-order chi connectivity index (χ0) is 33.6. The summed E-state index contributed by atoms with van der Waals surface area (Å²) in [6.45, 7) is 7.23. The fourth-order valence-corrected chi connectivity index (χ4v) is 6.27. The number of fused-ring (bicyclic) bond motifs is 1. The van der Waals surface area contributed by atoms with Gasteiger partial charge in [-0.3, -0.25) is 14.3 Å². The first-order valence-corrected chi connectivity index (χ1v) is 16.5. The Morgan fingerprint density at radius 3 is 2.43 bits per heavy atom. The largest absolute Gasteiger partial charge is 0.458 e. The molecule has 0 unspecified atom stereocenters. The van der Waals surface area contributed by atoms with E-state index in [2.05, 4.69) is 54.9 Å². The van der Waals surface area contributed by atoms with Crippen molar-refractivity contribution in [1.29, 1.82) is 0 Å². The molecular weight excluding hydrogens is 630 g/mol. The van der Waals surface area contributed by atoms with Gasteiger partial charge in [-0.15, -0.1) is 0 Å². The van der Waals surface area contributed by atoms with Gasteiger partial charge in [0.05, 0.1) is 19.5 Å². The summed E-state index contributed by atoms with van der Waals surface area (Å²) in [5.41, 5.74) is 3.21. The fourth-order valence-electron chi connectivity index (χ4n) is 6.27. The highest BCUT2D eigenvalue weighted by Crippen LogP contribution is 2.41. The number of nitrogens with zero attached hydrogens (tertiary/aromatic N) is 7. The Kier molecular flexibility index (Phi) is 10.0. The van der Waals surface area contributed by atoms with Crippen LogP contribution in [0.2, 0.25) is 0 Å². The molecule has 256 valence electrons. The van der Waals surface area contributed by atoms with Crippen LogP contribution in [-0.4, -0.2) is 104 Å². The first-order valence-electron chi connectivity index (χ1n) is 16.5. The Bertz CT molecular complexity index is 1780. The van der Waals surface area contributed by atoms with E-state index in [1.165, 1.54) is 6.33 Å². The van der Waals surface area contributed by atoms with Gasteiger partial charge in [-0.05, 0) is 11.1 Å². The minimum absolute atomic E-state index is 0.0247. The zero-order valence-electron chi connectivity index (χ0n) is 27.1. The number of rotatable bonds is 14. The van der Waals surface area contributed by atoms with Crippen molar-refractivity contribution in [1.82, 2.24) is 34.6 Å². The molecule has 0 radical (unpaired) electrons. The minimum Gasteiger partial charge on any atom is -0.458 e. The lowest BCUT2D eigenvalue weighted by Crippen LogP contribution is -2.39. The van der Waals surface area contributed by atoms with Crippen molar-refractivity contribution in [3.63, 3.8) is 0 Å². The summed E-state index contributed by atoms with van der Waals surface area (Å²) < 4.78 is 24.1. The molecule has 2 aromatic carbocycles. The summed E-state index contributed by atoms with van der Waals surface area (Å²) in [5, 5.41) is 22.3. The number of anilines is 2. The summed E-state index contributed by atoms with van der Waals surface area (Å²) in [5.74, 6) is 1.50. The minimum atomic E-state index is -1.30.